The van der Waals surface area contributed by atoms with E-state index < -0.39 is 0 Å². The highest BCUT2D eigenvalue weighted by molar-refractivity contribution is 4.73. The predicted octanol–water partition coefficient (Wildman–Crippen LogP) is 1.19. The van der Waals surface area contributed by atoms with Gasteiger partial charge in [-0.15, -0.1) is 0 Å². The molecule has 3 nitrogen and oxygen atoms in total. The van der Waals surface area contributed by atoms with Crippen molar-refractivity contribution in [2.75, 3.05) is 13.7 Å². The number of hydrogen-bond acceptors (Lipinski definition) is 3. The van der Waals surface area contributed by atoms with Gasteiger partial charge in [0.2, 0.25) is 0 Å². The lowest BCUT2D eigenvalue weighted by atomic mass is 9.99. The van der Waals surface area contributed by atoms with Crippen molar-refractivity contribution in [3.63, 3.8) is 0 Å². The highest BCUT2D eigenvalue weighted by atomic mass is 16.6. The highest BCUT2D eigenvalue weighted by Crippen LogP contribution is 2.21. The summed E-state index contributed by atoms with van der Waals surface area (Å²) in [5.41, 5.74) is 0. The van der Waals surface area contributed by atoms with Gasteiger partial charge in [0, 0.05) is 7.11 Å². The van der Waals surface area contributed by atoms with E-state index in [1.807, 2.05) is 0 Å². The summed E-state index contributed by atoms with van der Waals surface area (Å²) in [5.74, 6) is 0.634. The van der Waals surface area contributed by atoms with E-state index in [0.717, 1.165) is 17.9 Å². The van der Waals surface area contributed by atoms with Crippen molar-refractivity contribution in [1.29, 1.82) is 0 Å². The largest absolute Gasteiger partial charge is 0.783 e. The number of hydroxylamine groups is 2. The lowest BCUT2D eigenvalue weighted by Gasteiger charge is -2.41. The topological polar surface area (TPSA) is 35.5 Å². The maximum absolute atomic E-state index is 11.0. The van der Waals surface area contributed by atoms with Gasteiger partial charge < -0.3 is 15.0 Å². The van der Waals surface area contributed by atoms with E-state index in [-0.39, 0.29) is 6.23 Å². The quantitative estimate of drug-likeness (QED) is 0.554. The Morgan fingerprint density at radius 1 is 1.60 bits per heavy atom. The molecule has 0 aromatic carbocycles. The summed E-state index contributed by atoms with van der Waals surface area (Å²) in [6.07, 6.45) is 1.69. The summed E-state index contributed by atoms with van der Waals surface area (Å²) in [6.45, 7) is 2.78. The van der Waals surface area contributed by atoms with Gasteiger partial charge in [0.05, 0.1) is 6.23 Å². The summed E-state index contributed by atoms with van der Waals surface area (Å²) < 4.78 is 4.99. The number of piperidine rings is 1. The zero-order valence-corrected chi connectivity index (χ0v) is 6.54. The molecule has 0 bridgehead atoms. The van der Waals surface area contributed by atoms with Crippen molar-refractivity contribution < 1.29 is 4.74 Å². The van der Waals surface area contributed by atoms with Gasteiger partial charge in [0.15, 0.2) is 0 Å². The zero-order chi connectivity index (χ0) is 7.56. The molecule has 3 heteroatoms. The summed E-state index contributed by atoms with van der Waals surface area (Å²) >= 11 is 0. The van der Waals surface area contributed by atoms with Crippen LogP contribution in [0.1, 0.15) is 19.8 Å². The Labute approximate surface area is 61.5 Å². The van der Waals surface area contributed by atoms with E-state index in [1.165, 1.54) is 0 Å². The molecule has 0 saturated carbocycles. The first kappa shape index (κ1) is 7.98. The SMILES string of the molecule is COC1CC(C)CCN1[O-]. The molecule has 1 aliphatic rings. The Balaban J connectivity index is 2.38. The van der Waals surface area contributed by atoms with Gasteiger partial charge in [-0.1, -0.05) is 6.92 Å². The summed E-state index contributed by atoms with van der Waals surface area (Å²) in [5, 5.41) is 12.0. The third-order valence-electron chi connectivity index (χ3n) is 2.04. The van der Waals surface area contributed by atoms with E-state index in [2.05, 4.69) is 6.92 Å². The molecule has 0 N–H and O–H groups in total. The molecular weight excluding hydrogens is 130 g/mol. The monoisotopic (exact) mass is 144 g/mol. The smallest absolute Gasteiger partial charge is 0.0987 e. The fourth-order valence-electron chi connectivity index (χ4n) is 1.29. The van der Waals surface area contributed by atoms with Crippen molar-refractivity contribution in [3.8, 4) is 0 Å². The molecule has 0 aromatic rings. The Morgan fingerprint density at radius 3 is 2.80 bits per heavy atom. The van der Waals surface area contributed by atoms with Gasteiger partial charge in [-0.3, -0.25) is 0 Å². The number of nitrogens with zero attached hydrogens (tertiary/aromatic N) is 1. The molecule has 1 saturated heterocycles. The standard InChI is InChI=1S/C7H14NO2/c1-6-3-4-8(9)7(5-6)10-2/h6-7H,3-5H2,1-2H3/q-1. The van der Waals surface area contributed by atoms with Crippen LogP contribution in [0.5, 0.6) is 0 Å². The van der Waals surface area contributed by atoms with Gasteiger partial charge in [-0.2, -0.15) is 0 Å². The number of rotatable bonds is 1. The van der Waals surface area contributed by atoms with Crippen LogP contribution in [0.3, 0.4) is 0 Å². The minimum absolute atomic E-state index is 0.191. The van der Waals surface area contributed by atoms with Crippen molar-refractivity contribution in [1.82, 2.24) is 5.06 Å². The molecule has 2 atom stereocenters. The normalized spacial score (nSPS) is 36.3. The molecule has 1 fully saturated rings. The fourth-order valence-corrected chi connectivity index (χ4v) is 1.29. The zero-order valence-electron chi connectivity index (χ0n) is 6.54. The van der Waals surface area contributed by atoms with Crippen LogP contribution in [0.15, 0.2) is 0 Å². The summed E-state index contributed by atoms with van der Waals surface area (Å²) in [4.78, 5) is 0. The molecular formula is C7H14NO2-. The first-order chi connectivity index (χ1) is 4.74. The van der Waals surface area contributed by atoms with E-state index in [9.17, 15) is 5.21 Å². The first-order valence-corrected chi connectivity index (χ1v) is 3.70. The Morgan fingerprint density at radius 2 is 2.30 bits per heavy atom. The average molecular weight is 144 g/mol. The van der Waals surface area contributed by atoms with Crippen LogP contribution >= 0.6 is 0 Å². The Kier molecular flexibility index (Phi) is 2.65. The maximum atomic E-state index is 11.0. The summed E-state index contributed by atoms with van der Waals surface area (Å²) in [7, 11) is 1.59. The molecule has 0 spiro atoms. The van der Waals surface area contributed by atoms with Crippen LogP contribution in [0, 0.1) is 11.1 Å². The Hall–Kier alpha value is -0.120. The van der Waals surface area contributed by atoms with Gasteiger partial charge in [0.1, 0.15) is 0 Å². The second-order valence-corrected chi connectivity index (χ2v) is 2.96. The molecule has 0 aromatic heterocycles. The van der Waals surface area contributed by atoms with E-state index in [4.69, 9.17) is 4.74 Å². The Bertz CT molecular complexity index is 108. The van der Waals surface area contributed by atoms with Crippen molar-refractivity contribution in [2.24, 2.45) is 5.92 Å². The third kappa shape index (κ3) is 1.68. The molecule has 1 heterocycles. The minimum Gasteiger partial charge on any atom is -0.783 e. The highest BCUT2D eigenvalue weighted by Gasteiger charge is 2.19. The summed E-state index contributed by atoms with van der Waals surface area (Å²) in [6, 6.07) is 0. The predicted molar refractivity (Wildman–Crippen MR) is 39.3 cm³/mol. The number of hydrogen-bond donors (Lipinski definition) is 0. The van der Waals surface area contributed by atoms with Crippen LogP contribution in [0.25, 0.3) is 0 Å². The third-order valence-corrected chi connectivity index (χ3v) is 2.04. The van der Waals surface area contributed by atoms with Crippen molar-refractivity contribution in [2.45, 2.75) is 26.0 Å². The fraction of sp³-hybridized carbons (Fsp3) is 1.00. The van der Waals surface area contributed by atoms with Crippen LogP contribution in [0.2, 0.25) is 0 Å². The van der Waals surface area contributed by atoms with Crippen LogP contribution in [0.4, 0.5) is 0 Å². The number of methoxy groups -OCH3 is 1. The minimum atomic E-state index is -0.191. The average Bonchev–Trinajstić information content (AvgIpc) is 1.94. The van der Waals surface area contributed by atoms with Crippen LogP contribution in [-0.4, -0.2) is 24.9 Å². The molecule has 0 radical (unpaired) electrons. The maximum Gasteiger partial charge on any atom is 0.0987 e. The van der Waals surface area contributed by atoms with Crippen LogP contribution < -0.4 is 0 Å². The number of ether oxygens (including phenoxy) is 1. The molecule has 0 aliphatic carbocycles. The molecule has 60 valence electrons. The second-order valence-electron chi connectivity index (χ2n) is 2.96. The van der Waals surface area contributed by atoms with Gasteiger partial charge in [0.25, 0.3) is 0 Å². The molecule has 2 unspecified atom stereocenters. The van der Waals surface area contributed by atoms with Crippen molar-refractivity contribution >= 4 is 0 Å². The van der Waals surface area contributed by atoms with Crippen molar-refractivity contribution in [3.05, 3.63) is 5.21 Å². The molecule has 0 amide bonds. The second kappa shape index (κ2) is 3.32. The van der Waals surface area contributed by atoms with E-state index in [1.54, 1.807) is 7.11 Å². The molecule has 1 aliphatic heterocycles. The molecule has 1 rings (SSSR count). The van der Waals surface area contributed by atoms with Gasteiger partial charge >= 0.3 is 0 Å². The van der Waals surface area contributed by atoms with Gasteiger partial charge in [-0.25, -0.2) is 0 Å². The van der Waals surface area contributed by atoms with Crippen LogP contribution in [-0.2, 0) is 4.74 Å². The van der Waals surface area contributed by atoms with E-state index in [0.29, 0.717) is 12.5 Å². The first-order valence-electron chi connectivity index (χ1n) is 3.70. The van der Waals surface area contributed by atoms with E-state index >= 15 is 0 Å². The lowest BCUT2D eigenvalue weighted by Crippen LogP contribution is -2.38. The lowest BCUT2D eigenvalue weighted by molar-refractivity contribution is -0.0427. The molecule has 10 heavy (non-hydrogen) atoms. The van der Waals surface area contributed by atoms with Gasteiger partial charge in [-0.05, 0) is 25.3 Å².